The summed E-state index contributed by atoms with van der Waals surface area (Å²) in [5.41, 5.74) is 1.49. The molecule has 3 rings (SSSR count). The number of hydrogen-bond acceptors (Lipinski definition) is 5. The van der Waals surface area contributed by atoms with Crippen molar-refractivity contribution in [3.8, 4) is 10.6 Å². The van der Waals surface area contributed by atoms with Crippen molar-refractivity contribution in [1.29, 1.82) is 0 Å². The molecule has 0 bridgehead atoms. The number of aliphatic carboxylic acids is 1. The molecule has 0 aromatic carbocycles. The Morgan fingerprint density at radius 3 is 2.83 bits per heavy atom. The van der Waals surface area contributed by atoms with Gasteiger partial charge in [0.2, 0.25) is 4.96 Å². The van der Waals surface area contributed by atoms with Crippen LogP contribution in [0, 0.1) is 0 Å². The third-order valence-electron chi connectivity index (χ3n) is 2.35. The largest absolute Gasteiger partial charge is 0.481 e. The van der Waals surface area contributed by atoms with Crippen LogP contribution in [0.5, 0.6) is 0 Å². The van der Waals surface area contributed by atoms with Crippen LogP contribution in [0.2, 0.25) is 0 Å². The molecule has 90 valence electrons. The van der Waals surface area contributed by atoms with Gasteiger partial charge in [0.1, 0.15) is 5.01 Å². The van der Waals surface area contributed by atoms with Gasteiger partial charge < -0.3 is 5.11 Å². The van der Waals surface area contributed by atoms with E-state index in [1.165, 1.54) is 11.3 Å². The van der Waals surface area contributed by atoms with E-state index in [2.05, 4.69) is 15.1 Å². The van der Waals surface area contributed by atoms with E-state index in [1.807, 2.05) is 12.1 Å². The number of hydrogen-bond donors (Lipinski definition) is 1. The fraction of sp³-hybridized carbons (Fsp3) is 0.0909. The van der Waals surface area contributed by atoms with Crippen molar-refractivity contribution in [1.82, 2.24) is 19.6 Å². The van der Waals surface area contributed by atoms with Crippen LogP contribution in [0.4, 0.5) is 0 Å². The Balaban J connectivity index is 1.98. The Bertz CT molecular complexity index is 673. The highest BCUT2D eigenvalue weighted by Crippen LogP contribution is 2.24. The average Bonchev–Trinajstić information content (AvgIpc) is 2.87. The first-order valence-electron chi connectivity index (χ1n) is 5.19. The molecule has 0 radical (unpaired) electrons. The van der Waals surface area contributed by atoms with Crippen LogP contribution in [-0.2, 0) is 11.2 Å². The van der Waals surface area contributed by atoms with Crippen LogP contribution in [0.1, 0.15) is 5.69 Å². The maximum Gasteiger partial charge on any atom is 0.309 e. The molecule has 0 aliphatic carbocycles. The molecule has 0 atom stereocenters. The third kappa shape index (κ3) is 1.95. The van der Waals surface area contributed by atoms with Crippen LogP contribution in [0.25, 0.3) is 15.5 Å². The molecule has 0 saturated heterocycles. The van der Waals surface area contributed by atoms with Gasteiger partial charge in [-0.15, -0.1) is 0 Å². The number of fused-ring (bicyclic) bond motifs is 1. The molecule has 3 aromatic rings. The summed E-state index contributed by atoms with van der Waals surface area (Å²) >= 11 is 1.42. The highest BCUT2D eigenvalue weighted by atomic mass is 32.1. The molecule has 18 heavy (non-hydrogen) atoms. The summed E-state index contributed by atoms with van der Waals surface area (Å²) in [7, 11) is 0. The van der Waals surface area contributed by atoms with E-state index in [4.69, 9.17) is 5.11 Å². The SMILES string of the molecule is O=C(O)Cc1cn2nc(-c3ccncc3)sc2n1. The van der Waals surface area contributed by atoms with Gasteiger partial charge in [0.05, 0.1) is 18.3 Å². The van der Waals surface area contributed by atoms with Crippen molar-refractivity contribution in [2.45, 2.75) is 6.42 Å². The quantitative estimate of drug-likeness (QED) is 0.771. The predicted molar refractivity (Wildman–Crippen MR) is 65.4 cm³/mol. The van der Waals surface area contributed by atoms with Crippen molar-refractivity contribution in [2.75, 3.05) is 0 Å². The van der Waals surface area contributed by atoms with Crippen LogP contribution in [0.3, 0.4) is 0 Å². The summed E-state index contributed by atoms with van der Waals surface area (Å²) in [6.45, 7) is 0. The Morgan fingerprint density at radius 2 is 2.17 bits per heavy atom. The summed E-state index contributed by atoms with van der Waals surface area (Å²) in [5, 5.41) is 13.9. The van der Waals surface area contributed by atoms with Crippen LogP contribution in [-0.4, -0.2) is 30.7 Å². The monoisotopic (exact) mass is 260 g/mol. The second-order valence-corrected chi connectivity index (χ2v) is 4.63. The zero-order valence-electron chi connectivity index (χ0n) is 9.15. The van der Waals surface area contributed by atoms with Crippen LogP contribution in [0.15, 0.2) is 30.7 Å². The lowest BCUT2D eigenvalue weighted by Gasteiger charge is -1.91. The Morgan fingerprint density at radius 1 is 1.39 bits per heavy atom. The lowest BCUT2D eigenvalue weighted by atomic mass is 10.3. The third-order valence-corrected chi connectivity index (χ3v) is 3.32. The molecule has 0 fully saturated rings. The van der Waals surface area contributed by atoms with Gasteiger partial charge in [0.15, 0.2) is 0 Å². The van der Waals surface area contributed by atoms with Gasteiger partial charge in [0.25, 0.3) is 0 Å². The number of carboxylic acid groups (broad SMARTS) is 1. The van der Waals surface area contributed by atoms with E-state index in [-0.39, 0.29) is 6.42 Å². The first kappa shape index (κ1) is 10.8. The fourth-order valence-electron chi connectivity index (χ4n) is 1.60. The van der Waals surface area contributed by atoms with E-state index in [0.717, 1.165) is 10.6 Å². The number of pyridine rings is 1. The molecule has 0 unspecified atom stereocenters. The Labute approximate surface area is 106 Å². The number of carboxylic acids is 1. The van der Waals surface area contributed by atoms with Gasteiger partial charge in [0, 0.05) is 18.0 Å². The van der Waals surface area contributed by atoms with Gasteiger partial charge in [-0.3, -0.25) is 9.78 Å². The first-order chi connectivity index (χ1) is 8.72. The lowest BCUT2D eigenvalue weighted by Crippen LogP contribution is -1.99. The zero-order valence-corrected chi connectivity index (χ0v) is 9.96. The summed E-state index contributed by atoms with van der Waals surface area (Å²) in [6.07, 6.45) is 4.97. The van der Waals surface area contributed by atoms with Crippen LogP contribution >= 0.6 is 11.3 Å². The molecule has 0 aliphatic rings. The molecule has 1 N–H and O–H groups in total. The molecule has 6 nitrogen and oxygen atoms in total. The minimum absolute atomic E-state index is 0.0827. The smallest absolute Gasteiger partial charge is 0.309 e. The van der Waals surface area contributed by atoms with E-state index >= 15 is 0 Å². The topological polar surface area (TPSA) is 80.4 Å². The summed E-state index contributed by atoms with van der Waals surface area (Å²) < 4.78 is 1.61. The summed E-state index contributed by atoms with van der Waals surface area (Å²) in [5.74, 6) is -0.893. The number of carbonyl (C=O) groups is 1. The molecular formula is C11H8N4O2S. The second-order valence-electron chi connectivity index (χ2n) is 3.67. The van der Waals surface area contributed by atoms with E-state index in [9.17, 15) is 4.79 Å². The first-order valence-corrected chi connectivity index (χ1v) is 6.01. The van der Waals surface area contributed by atoms with Gasteiger partial charge in [-0.05, 0) is 12.1 Å². The van der Waals surface area contributed by atoms with Gasteiger partial charge in [-0.1, -0.05) is 11.3 Å². The molecular weight excluding hydrogens is 252 g/mol. The van der Waals surface area contributed by atoms with Gasteiger partial charge in [-0.2, -0.15) is 5.10 Å². The number of aromatic nitrogens is 4. The normalized spacial score (nSPS) is 10.9. The van der Waals surface area contributed by atoms with Crippen molar-refractivity contribution < 1.29 is 9.90 Å². The predicted octanol–water partition coefficient (Wildman–Crippen LogP) is 1.48. The fourth-order valence-corrected chi connectivity index (χ4v) is 2.50. The van der Waals surface area contributed by atoms with Crippen molar-refractivity contribution >= 4 is 22.3 Å². The molecule has 3 aromatic heterocycles. The van der Waals surface area contributed by atoms with E-state index in [1.54, 1.807) is 23.1 Å². The van der Waals surface area contributed by atoms with E-state index in [0.29, 0.717) is 10.7 Å². The summed E-state index contributed by atoms with van der Waals surface area (Å²) in [4.78, 5) is 19.4. The number of nitrogens with zero attached hydrogens (tertiary/aromatic N) is 4. The highest BCUT2D eigenvalue weighted by Gasteiger charge is 2.11. The zero-order chi connectivity index (χ0) is 12.5. The van der Waals surface area contributed by atoms with E-state index < -0.39 is 5.97 Å². The van der Waals surface area contributed by atoms with Gasteiger partial charge >= 0.3 is 5.97 Å². The number of rotatable bonds is 3. The maximum absolute atomic E-state index is 10.6. The minimum Gasteiger partial charge on any atom is -0.481 e. The minimum atomic E-state index is -0.893. The van der Waals surface area contributed by atoms with Crippen LogP contribution < -0.4 is 0 Å². The number of imidazole rings is 1. The molecule has 7 heteroatoms. The average molecular weight is 260 g/mol. The van der Waals surface area contributed by atoms with Gasteiger partial charge in [-0.25, -0.2) is 9.50 Å². The van der Waals surface area contributed by atoms with Crippen molar-refractivity contribution in [3.63, 3.8) is 0 Å². The molecule has 0 spiro atoms. The lowest BCUT2D eigenvalue weighted by molar-refractivity contribution is -0.136. The highest BCUT2D eigenvalue weighted by molar-refractivity contribution is 7.19. The Hall–Kier alpha value is -2.28. The molecule has 3 heterocycles. The molecule has 0 aliphatic heterocycles. The standard InChI is InChI=1S/C11H8N4O2S/c16-9(17)5-8-6-15-11(13-8)18-10(14-15)7-1-3-12-4-2-7/h1-4,6H,5H2,(H,16,17). The van der Waals surface area contributed by atoms with Crippen molar-refractivity contribution in [2.24, 2.45) is 0 Å². The second kappa shape index (κ2) is 4.19. The molecule has 0 saturated carbocycles. The molecule has 0 amide bonds. The maximum atomic E-state index is 10.6. The Kier molecular flexibility index (Phi) is 2.52. The summed E-state index contributed by atoms with van der Waals surface area (Å²) in [6, 6.07) is 3.74. The van der Waals surface area contributed by atoms with Crippen molar-refractivity contribution in [3.05, 3.63) is 36.4 Å².